The number of allylic oxidation sites excluding steroid dienone is 3. The van der Waals surface area contributed by atoms with Crippen molar-refractivity contribution in [2.24, 2.45) is 0 Å². The predicted molar refractivity (Wildman–Crippen MR) is 63.0 cm³/mol. The molecule has 0 aliphatic rings. The van der Waals surface area contributed by atoms with Crippen LogP contribution in [-0.2, 0) is 0 Å². The lowest BCUT2D eigenvalue weighted by Gasteiger charge is -1.99. The highest BCUT2D eigenvalue weighted by molar-refractivity contribution is 7.90. The molecular weight excluding hydrogens is 176 g/mol. The molecule has 13 heavy (non-hydrogen) atoms. The Morgan fingerprint density at radius 1 is 1.23 bits per heavy atom. The van der Waals surface area contributed by atoms with Gasteiger partial charge in [-0.3, -0.25) is 0 Å². The van der Waals surface area contributed by atoms with Crippen LogP contribution in [-0.4, -0.2) is 0 Å². The number of hydrogen-bond acceptors (Lipinski definition) is 1. The predicted octanol–water partition coefficient (Wildman–Crippen LogP) is 3.84. The molecule has 0 heterocycles. The number of aryl methyl sites for hydroxylation is 1. The van der Waals surface area contributed by atoms with Gasteiger partial charge in [-0.1, -0.05) is 42.0 Å². The first-order chi connectivity index (χ1) is 6.24. The standard InChI is InChI=1S/C12H14S/c1-3-4-5-12(13)11-8-6-10(2)7-9-11/h3-9,13H,1-2H3/b4-3+,12-5-. The van der Waals surface area contributed by atoms with Crippen LogP contribution in [0.3, 0.4) is 0 Å². The number of thiol groups is 1. The van der Waals surface area contributed by atoms with Gasteiger partial charge in [0.1, 0.15) is 0 Å². The van der Waals surface area contributed by atoms with E-state index in [9.17, 15) is 0 Å². The molecule has 0 saturated heterocycles. The molecule has 68 valence electrons. The fourth-order valence-corrected chi connectivity index (χ4v) is 1.24. The van der Waals surface area contributed by atoms with Crippen molar-refractivity contribution in [3.05, 3.63) is 53.6 Å². The van der Waals surface area contributed by atoms with E-state index in [0.717, 1.165) is 10.5 Å². The lowest BCUT2D eigenvalue weighted by Crippen LogP contribution is -1.77. The maximum Gasteiger partial charge on any atom is 0.0112 e. The molecule has 0 spiro atoms. The molecule has 0 fully saturated rings. The van der Waals surface area contributed by atoms with Crippen LogP contribution < -0.4 is 0 Å². The van der Waals surface area contributed by atoms with Gasteiger partial charge in [0, 0.05) is 4.91 Å². The minimum Gasteiger partial charge on any atom is -0.143 e. The van der Waals surface area contributed by atoms with Gasteiger partial charge >= 0.3 is 0 Å². The van der Waals surface area contributed by atoms with Crippen LogP contribution in [0, 0.1) is 6.92 Å². The minimum absolute atomic E-state index is 0.998. The van der Waals surface area contributed by atoms with E-state index in [2.05, 4.69) is 43.8 Å². The highest BCUT2D eigenvalue weighted by atomic mass is 32.1. The monoisotopic (exact) mass is 190 g/mol. The van der Waals surface area contributed by atoms with Gasteiger partial charge in [0.15, 0.2) is 0 Å². The second-order valence-electron chi connectivity index (χ2n) is 2.94. The number of benzene rings is 1. The summed E-state index contributed by atoms with van der Waals surface area (Å²) in [6.45, 7) is 4.07. The van der Waals surface area contributed by atoms with Gasteiger partial charge in [-0.25, -0.2) is 0 Å². The summed E-state index contributed by atoms with van der Waals surface area (Å²) >= 11 is 4.40. The van der Waals surface area contributed by atoms with Crippen molar-refractivity contribution in [2.75, 3.05) is 0 Å². The van der Waals surface area contributed by atoms with Gasteiger partial charge in [0.25, 0.3) is 0 Å². The zero-order valence-corrected chi connectivity index (χ0v) is 8.88. The number of hydrogen-bond donors (Lipinski definition) is 1. The zero-order chi connectivity index (χ0) is 9.68. The Kier molecular flexibility index (Phi) is 3.84. The van der Waals surface area contributed by atoms with Crippen molar-refractivity contribution < 1.29 is 0 Å². The molecule has 0 unspecified atom stereocenters. The Bertz CT molecular complexity index is 317. The summed E-state index contributed by atoms with van der Waals surface area (Å²) < 4.78 is 0. The summed E-state index contributed by atoms with van der Waals surface area (Å²) in [5, 5.41) is 0. The fourth-order valence-electron chi connectivity index (χ4n) is 1.01. The third kappa shape index (κ3) is 3.11. The molecule has 1 heteroatoms. The van der Waals surface area contributed by atoms with Crippen molar-refractivity contribution >= 4 is 17.5 Å². The average Bonchev–Trinajstić information content (AvgIpc) is 2.15. The van der Waals surface area contributed by atoms with E-state index in [1.54, 1.807) is 0 Å². The average molecular weight is 190 g/mol. The summed E-state index contributed by atoms with van der Waals surface area (Å²) in [6, 6.07) is 8.35. The van der Waals surface area contributed by atoms with Crippen molar-refractivity contribution in [3.63, 3.8) is 0 Å². The molecule has 1 rings (SSSR count). The molecule has 0 bridgehead atoms. The molecule has 0 atom stereocenters. The van der Waals surface area contributed by atoms with Crippen molar-refractivity contribution in [2.45, 2.75) is 13.8 Å². The van der Waals surface area contributed by atoms with Crippen LogP contribution >= 0.6 is 12.6 Å². The van der Waals surface area contributed by atoms with E-state index in [-0.39, 0.29) is 0 Å². The zero-order valence-electron chi connectivity index (χ0n) is 7.99. The van der Waals surface area contributed by atoms with Crippen LogP contribution in [0.25, 0.3) is 4.91 Å². The maximum absolute atomic E-state index is 4.40. The molecule has 0 N–H and O–H groups in total. The lowest BCUT2D eigenvalue weighted by molar-refractivity contribution is 1.46. The molecule has 0 aromatic heterocycles. The summed E-state index contributed by atoms with van der Waals surface area (Å²) in [4.78, 5) is 0.998. The Morgan fingerprint density at radius 2 is 1.85 bits per heavy atom. The fraction of sp³-hybridized carbons (Fsp3) is 0.167. The maximum atomic E-state index is 4.40. The van der Waals surface area contributed by atoms with Gasteiger partial charge < -0.3 is 0 Å². The quantitative estimate of drug-likeness (QED) is 0.531. The normalized spacial score (nSPS) is 12.4. The van der Waals surface area contributed by atoms with Crippen LogP contribution in [0.2, 0.25) is 0 Å². The lowest BCUT2D eigenvalue weighted by atomic mass is 10.1. The summed E-state index contributed by atoms with van der Waals surface area (Å²) in [7, 11) is 0. The van der Waals surface area contributed by atoms with Crippen molar-refractivity contribution in [1.29, 1.82) is 0 Å². The van der Waals surface area contributed by atoms with E-state index in [4.69, 9.17) is 0 Å². The van der Waals surface area contributed by atoms with Gasteiger partial charge in [-0.15, -0.1) is 12.6 Å². The molecule has 1 aromatic carbocycles. The largest absolute Gasteiger partial charge is 0.143 e. The topological polar surface area (TPSA) is 0 Å². The smallest absolute Gasteiger partial charge is 0.0112 e. The van der Waals surface area contributed by atoms with Gasteiger partial charge in [-0.05, 0) is 25.5 Å². The molecule has 0 nitrogen and oxygen atoms in total. The molecule has 1 aromatic rings. The Balaban J connectivity index is 2.89. The van der Waals surface area contributed by atoms with Crippen LogP contribution in [0.15, 0.2) is 42.5 Å². The second kappa shape index (κ2) is 4.93. The first-order valence-electron chi connectivity index (χ1n) is 4.33. The third-order valence-corrected chi connectivity index (χ3v) is 2.20. The van der Waals surface area contributed by atoms with Crippen LogP contribution in [0.5, 0.6) is 0 Å². The SMILES string of the molecule is C/C=C/C=C(\S)c1ccc(C)cc1. The third-order valence-electron chi connectivity index (χ3n) is 1.79. The Labute approximate surface area is 85.4 Å². The first kappa shape index (κ1) is 10.1. The molecule has 0 aliphatic heterocycles. The molecule has 0 saturated carbocycles. The van der Waals surface area contributed by atoms with E-state index < -0.39 is 0 Å². The van der Waals surface area contributed by atoms with E-state index in [1.165, 1.54) is 5.56 Å². The van der Waals surface area contributed by atoms with E-state index >= 15 is 0 Å². The van der Waals surface area contributed by atoms with Gasteiger partial charge in [0.05, 0.1) is 0 Å². The summed E-state index contributed by atoms with van der Waals surface area (Å²) in [6.07, 6.45) is 5.97. The molecule has 0 amide bonds. The van der Waals surface area contributed by atoms with Crippen molar-refractivity contribution in [3.8, 4) is 0 Å². The van der Waals surface area contributed by atoms with Gasteiger partial charge in [0.2, 0.25) is 0 Å². The molecular formula is C12H14S. The molecule has 0 radical (unpaired) electrons. The van der Waals surface area contributed by atoms with Gasteiger partial charge in [-0.2, -0.15) is 0 Å². The second-order valence-corrected chi connectivity index (χ2v) is 3.43. The minimum atomic E-state index is 0.998. The van der Waals surface area contributed by atoms with Crippen LogP contribution in [0.1, 0.15) is 18.1 Å². The Hall–Kier alpha value is -0.950. The Morgan fingerprint density at radius 3 is 2.38 bits per heavy atom. The molecule has 0 aliphatic carbocycles. The van der Waals surface area contributed by atoms with Crippen molar-refractivity contribution in [1.82, 2.24) is 0 Å². The summed E-state index contributed by atoms with van der Waals surface area (Å²) in [5.74, 6) is 0. The van der Waals surface area contributed by atoms with Crippen LogP contribution in [0.4, 0.5) is 0 Å². The highest BCUT2D eigenvalue weighted by Crippen LogP contribution is 2.18. The summed E-state index contributed by atoms with van der Waals surface area (Å²) in [5.41, 5.74) is 2.43. The highest BCUT2D eigenvalue weighted by Gasteiger charge is 1.93. The van der Waals surface area contributed by atoms with E-state index in [0.29, 0.717) is 0 Å². The first-order valence-corrected chi connectivity index (χ1v) is 4.77. The number of rotatable bonds is 2. The van der Waals surface area contributed by atoms with E-state index in [1.807, 2.05) is 25.2 Å².